The van der Waals surface area contributed by atoms with Crippen molar-refractivity contribution in [2.24, 2.45) is 10.7 Å². The largest absolute Gasteiger partial charge is 0.454 e. The predicted octanol–water partition coefficient (Wildman–Crippen LogP) is 2.60. The second-order valence-corrected chi connectivity index (χ2v) is 6.03. The first-order valence-electron chi connectivity index (χ1n) is 9.17. The summed E-state index contributed by atoms with van der Waals surface area (Å²) in [6, 6.07) is 13.4. The van der Waals surface area contributed by atoms with E-state index in [1.165, 1.54) is 5.56 Å². The number of primary amides is 1. The van der Waals surface area contributed by atoms with Gasteiger partial charge in [0.15, 0.2) is 11.7 Å². The van der Waals surface area contributed by atoms with Crippen LogP contribution in [-0.2, 0) is 11.3 Å². The molecule has 0 aliphatic carbocycles. The molecule has 2 aromatic rings. The van der Waals surface area contributed by atoms with Gasteiger partial charge in [0.25, 0.3) is 5.91 Å². The van der Waals surface area contributed by atoms with E-state index in [2.05, 4.69) is 34.7 Å². The summed E-state index contributed by atoms with van der Waals surface area (Å²) in [5, 5.41) is 6.43. The van der Waals surface area contributed by atoms with Crippen molar-refractivity contribution >= 4 is 11.9 Å². The Morgan fingerprint density at radius 3 is 2.67 bits per heavy atom. The van der Waals surface area contributed by atoms with Crippen molar-refractivity contribution < 1.29 is 13.9 Å². The number of guanidine groups is 1. The third-order valence-electron chi connectivity index (χ3n) is 3.89. The molecule has 1 aromatic heterocycles. The number of hydrogen-bond donors (Lipinski definition) is 3. The van der Waals surface area contributed by atoms with Crippen molar-refractivity contribution in [2.75, 3.05) is 19.7 Å². The Kier molecular flexibility index (Phi) is 8.38. The maximum Gasteiger partial charge on any atom is 0.284 e. The van der Waals surface area contributed by atoms with Gasteiger partial charge in [0.05, 0.1) is 6.10 Å². The Morgan fingerprint density at radius 2 is 2.00 bits per heavy atom. The van der Waals surface area contributed by atoms with Gasteiger partial charge in [-0.3, -0.25) is 4.79 Å². The standard InChI is InChI=1S/C20H28N4O3/c1-3-22-20(24-14-17-10-11-18(27-17)19(21)25)23-12-7-13-26-15(2)16-8-5-4-6-9-16/h4-6,8-11,15H,3,7,12-14H2,1-2H3,(H2,21,25)(H2,22,23,24). The zero-order chi connectivity index (χ0) is 19.5. The van der Waals surface area contributed by atoms with Gasteiger partial charge in [-0.2, -0.15) is 0 Å². The van der Waals surface area contributed by atoms with E-state index in [0.29, 0.717) is 24.9 Å². The van der Waals surface area contributed by atoms with Gasteiger partial charge >= 0.3 is 0 Å². The maximum atomic E-state index is 11.1. The lowest BCUT2D eigenvalue weighted by molar-refractivity contribution is 0.0646. The second kappa shape index (κ2) is 11.0. The monoisotopic (exact) mass is 372 g/mol. The number of amides is 1. The molecular weight excluding hydrogens is 344 g/mol. The summed E-state index contributed by atoms with van der Waals surface area (Å²) in [6.45, 7) is 6.51. The van der Waals surface area contributed by atoms with E-state index in [1.54, 1.807) is 12.1 Å². The summed E-state index contributed by atoms with van der Waals surface area (Å²) in [6.07, 6.45) is 0.931. The Balaban J connectivity index is 1.72. The van der Waals surface area contributed by atoms with Crippen LogP contribution in [-0.4, -0.2) is 31.6 Å². The number of ether oxygens (including phenoxy) is 1. The fourth-order valence-electron chi connectivity index (χ4n) is 2.45. The number of benzene rings is 1. The van der Waals surface area contributed by atoms with Crippen molar-refractivity contribution in [2.45, 2.75) is 32.9 Å². The van der Waals surface area contributed by atoms with E-state index in [4.69, 9.17) is 14.9 Å². The molecule has 0 spiro atoms. The van der Waals surface area contributed by atoms with Crippen LogP contribution in [0.3, 0.4) is 0 Å². The molecule has 1 unspecified atom stereocenters. The van der Waals surface area contributed by atoms with Gasteiger partial charge in [-0.15, -0.1) is 0 Å². The van der Waals surface area contributed by atoms with Gasteiger partial charge in [-0.25, -0.2) is 4.99 Å². The van der Waals surface area contributed by atoms with E-state index < -0.39 is 5.91 Å². The van der Waals surface area contributed by atoms with Crippen molar-refractivity contribution in [3.05, 3.63) is 59.5 Å². The lowest BCUT2D eigenvalue weighted by Crippen LogP contribution is -2.38. The average molecular weight is 372 g/mol. The Hall–Kier alpha value is -2.80. The van der Waals surface area contributed by atoms with Crippen molar-refractivity contribution in [3.8, 4) is 0 Å². The summed E-state index contributed by atoms with van der Waals surface area (Å²) < 4.78 is 11.2. The van der Waals surface area contributed by atoms with Crippen molar-refractivity contribution in [1.82, 2.24) is 10.6 Å². The molecule has 1 amide bonds. The first-order chi connectivity index (χ1) is 13.1. The third kappa shape index (κ3) is 7.15. The molecule has 7 nitrogen and oxygen atoms in total. The minimum atomic E-state index is -0.583. The number of nitrogens with one attached hydrogen (secondary N) is 2. The summed E-state index contributed by atoms with van der Waals surface area (Å²) in [5.74, 6) is 0.828. The fraction of sp³-hybridized carbons (Fsp3) is 0.400. The van der Waals surface area contributed by atoms with E-state index in [9.17, 15) is 4.79 Å². The summed E-state index contributed by atoms with van der Waals surface area (Å²) >= 11 is 0. The molecule has 0 saturated carbocycles. The number of furan rings is 1. The molecule has 0 aliphatic heterocycles. The Morgan fingerprint density at radius 1 is 1.22 bits per heavy atom. The van der Waals surface area contributed by atoms with E-state index >= 15 is 0 Å². The van der Waals surface area contributed by atoms with Crippen LogP contribution in [0.25, 0.3) is 0 Å². The average Bonchev–Trinajstić information content (AvgIpc) is 3.15. The van der Waals surface area contributed by atoms with Crippen molar-refractivity contribution in [3.63, 3.8) is 0 Å². The highest BCUT2D eigenvalue weighted by Gasteiger charge is 2.07. The molecule has 146 valence electrons. The summed E-state index contributed by atoms with van der Waals surface area (Å²) in [5.41, 5.74) is 6.35. The molecule has 27 heavy (non-hydrogen) atoms. The van der Waals surface area contributed by atoms with Crippen LogP contribution in [0, 0.1) is 0 Å². The molecule has 0 fully saturated rings. The van der Waals surface area contributed by atoms with Crippen molar-refractivity contribution in [1.29, 1.82) is 0 Å². The van der Waals surface area contributed by atoms with Crippen LogP contribution in [0.15, 0.2) is 51.9 Å². The second-order valence-electron chi connectivity index (χ2n) is 6.03. The van der Waals surface area contributed by atoms with E-state index in [0.717, 1.165) is 19.5 Å². The number of nitrogens with two attached hydrogens (primary N) is 1. The number of carbonyl (C=O) groups excluding carboxylic acids is 1. The minimum absolute atomic E-state index is 0.0755. The number of nitrogens with zero attached hydrogens (tertiary/aromatic N) is 1. The zero-order valence-corrected chi connectivity index (χ0v) is 15.9. The molecule has 0 saturated heterocycles. The van der Waals surface area contributed by atoms with Gasteiger partial charge in [-0.05, 0) is 38.0 Å². The quantitative estimate of drug-likeness (QED) is 0.338. The van der Waals surface area contributed by atoms with Crippen LogP contribution in [0.4, 0.5) is 0 Å². The SMILES string of the molecule is CCNC(=NCc1ccc(C(N)=O)o1)NCCCOC(C)c1ccccc1. The van der Waals surface area contributed by atoms with Gasteiger partial charge in [-0.1, -0.05) is 30.3 Å². The number of carbonyl (C=O) groups is 1. The topological polar surface area (TPSA) is 102 Å². The molecule has 4 N–H and O–H groups in total. The first kappa shape index (κ1) is 20.5. The van der Waals surface area contributed by atoms with Crippen LogP contribution < -0.4 is 16.4 Å². The number of aliphatic imine (C=N–C) groups is 1. The van der Waals surface area contributed by atoms with Crippen LogP contribution in [0.2, 0.25) is 0 Å². The van der Waals surface area contributed by atoms with Crippen LogP contribution >= 0.6 is 0 Å². The summed E-state index contributed by atoms with van der Waals surface area (Å²) in [7, 11) is 0. The highest BCUT2D eigenvalue weighted by atomic mass is 16.5. The van der Waals surface area contributed by atoms with Crippen LogP contribution in [0.5, 0.6) is 0 Å². The first-order valence-corrected chi connectivity index (χ1v) is 9.17. The normalized spacial score (nSPS) is 12.6. The Bertz CT molecular complexity index is 728. The molecule has 2 rings (SSSR count). The maximum absolute atomic E-state index is 11.1. The Labute approximate surface area is 160 Å². The summed E-state index contributed by atoms with van der Waals surface area (Å²) in [4.78, 5) is 15.5. The van der Waals surface area contributed by atoms with Gasteiger partial charge < -0.3 is 25.5 Å². The molecule has 0 bridgehead atoms. The third-order valence-corrected chi connectivity index (χ3v) is 3.89. The molecule has 1 atom stereocenters. The molecule has 0 radical (unpaired) electrons. The lowest BCUT2D eigenvalue weighted by Gasteiger charge is -2.14. The van der Waals surface area contributed by atoms with Crippen LogP contribution in [0.1, 0.15) is 48.3 Å². The van der Waals surface area contributed by atoms with Gasteiger partial charge in [0.2, 0.25) is 0 Å². The predicted molar refractivity (Wildman–Crippen MR) is 105 cm³/mol. The molecule has 1 aromatic carbocycles. The number of rotatable bonds is 10. The smallest absolute Gasteiger partial charge is 0.284 e. The van der Waals surface area contributed by atoms with E-state index in [1.807, 2.05) is 25.1 Å². The van der Waals surface area contributed by atoms with Gasteiger partial charge in [0.1, 0.15) is 12.3 Å². The molecular formula is C20H28N4O3. The fourth-order valence-corrected chi connectivity index (χ4v) is 2.45. The number of hydrogen-bond acceptors (Lipinski definition) is 4. The highest BCUT2D eigenvalue weighted by molar-refractivity contribution is 5.89. The highest BCUT2D eigenvalue weighted by Crippen LogP contribution is 2.15. The molecule has 1 heterocycles. The van der Waals surface area contributed by atoms with E-state index in [-0.39, 0.29) is 11.9 Å². The lowest BCUT2D eigenvalue weighted by atomic mass is 10.1. The molecule has 7 heteroatoms. The minimum Gasteiger partial charge on any atom is -0.454 e. The molecule has 0 aliphatic rings. The zero-order valence-electron chi connectivity index (χ0n) is 15.9. The van der Waals surface area contributed by atoms with Gasteiger partial charge in [0, 0.05) is 19.7 Å².